The number of primary amides is 1. The van der Waals surface area contributed by atoms with Crippen LogP contribution in [0.1, 0.15) is 115 Å². The number of benzene rings is 2. The highest BCUT2D eigenvalue weighted by Gasteiger charge is 2.46. The van der Waals surface area contributed by atoms with E-state index in [0.29, 0.717) is 51.9 Å². The Balaban J connectivity index is 0.980. The molecule has 0 radical (unpaired) electrons. The quantitative estimate of drug-likeness (QED) is 0.109. The number of piperidine rings is 1. The van der Waals surface area contributed by atoms with Crippen LogP contribution in [0.2, 0.25) is 0 Å². The van der Waals surface area contributed by atoms with Gasteiger partial charge in [-0.2, -0.15) is 0 Å². The van der Waals surface area contributed by atoms with Crippen molar-refractivity contribution in [3.63, 3.8) is 0 Å². The van der Waals surface area contributed by atoms with E-state index < -0.39 is 71.4 Å². The molecule has 6 N–H and O–H groups in total. The standard InChI is InChI=1S/C49H63N9O11S/c1-49(2,3)69-47(66)53-35-27-56(22-21-32-12-17-37(57(32)46(35)65)44(63)52-34(15-19-40(50)59)43(62)51-26-30-9-13-33(70-68)14-10-30)42(61)25-29-7-5-28(6-8-29)23-31-11-16-36-39(24-31)55(4)48(67)58(36)38-18-20-41(60)54-45(38)64/h9-11,13-14,16,24,28-29,32,34-35,37-38H,5-8,12,15,17-23,25-27H2,1-4H3,(H5-,50,51,52,53,54,59,60,62,63,64,66)/p+1/t28?,29?,32-,34+,35+,37+,38?/m1/s1. The van der Waals surface area contributed by atoms with Gasteiger partial charge in [-0.1, -0.05) is 18.2 Å². The maximum Gasteiger partial charge on any atom is 0.505 e. The van der Waals surface area contributed by atoms with Gasteiger partial charge in [0, 0.05) is 61.8 Å². The molecule has 4 aliphatic rings. The largest absolute Gasteiger partial charge is 0.505 e. The average Bonchev–Trinajstić information content (AvgIpc) is 3.84. The van der Waals surface area contributed by atoms with Crippen molar-refractivity contribution in [2.75, 3.05) is 13.1 Å². The van der Waals surface area contributed by atoms with Crippen LogP contribution in [0.5, 0.6) is 0 Å². The Kier molecular flexibility index (Phi) is 16.2. The third kappa shape index (κ3) is 12.4. The Bertz CT molecular complexity index is 2580. The molecule has 3 aliphatic heterocycles. The van der Waals surface area contributed by atoms with Crippen molar-refractivity contribution in [3.8, 4) is 0 Å². The summed E-state index contributed by atoms with van der Waals surface area (Å²) >= 11 is 0.343. The number of carbonyl (C=O) groups excluding carboxylic acids is 8. The molecule has 1 unspecified atom stereocenters. The van der Waals surface area contributed by atoms with Crippen LogP contribution in [0.3, 0.4) is 0 Å². The van der Waals surface area contributed by atoms with Crippen LogP contribution in [0.4, 0.5) is 4.79 Å². The predicted octanol–water partition coefficient (Wildman–Crippen LogP) is 2.40. The first kappa shape index (κ1) is 51.3. The number of hydrogen-bond acceptors (Lipinski definition) is 11. The van der Waals surface area contributed by atoms with Gasteiger partial charge in [-0.3, -0.25) is 48.0 Å². The highest BCUT2D eigenvalue weighted by atomic mass is 32.1. The number of aryl methyl sites for hydroxylation is 1. The van der Waals surface area contributed by atoms with Crippen molar-refractivity contribution in [2.24, 2.45) is 24.6 Å². The lowest BCUT2D eigenvalue weighted by molar-refractivity contribution is -0.146. The monoisotopic (exact) mass is 986 g/mol. The fraction of sp³-hybridized carbons (Fsp3) is 0.571. The molecule has 4 fully saturated rings. The Labute approximate surface area is 409 Å². The average molecular weight is 987 g/mol. The maximum absolute atomic E-state index is 14.6. The molecule has 5 atom stereocenters. The Morgan fingerprint density at radius 1 is 0.886 bits per heavy atom. The molecular formula is C49H64N9O11S+. The van der Waals surface area contributed by atoms with E-state index in [9.17, 15) is 47.4 Å². The van der Waals surface area contributed by atoms with Crippen molar-refractivity contribution >= 4 is 70.1 Å². The normalized spacial score (nSPS) is 23.3. The van der Waals surface area contributed by atoms with Gasteiger partial charge < -0.3 is 36.2 Å². The molecule has 1 saturated carbocycles. The SMILES string of the molecule is Cn1c(=O)n(C2CCC(=O)NC2=O)c2ccc(CC3CCC(CC(=O)N4CC[C@H]5CC[C@@H](C(=O)N[C@@H](CCC(N)=O)C(=O)NCc6ccc([S+]=O)cc6)N5C(=O)[C@@H](NC(=O)OC(C)(C)C)C4)CC3)cc21. The Hall–Kier alpha value is -6.51. The van der Waals surface area contributed by atoms with Gasteiger partial charge in [-0.15, -0.1) is 0 Å². The molecule has 1 aromatic heterocycles. The zero-order valence-corrected chi connectivity index (χ0v) is 41.0. The van der Waals surface area contributed by atoms with E-state index in [1.54, 1.807) is 57.0 Å². The van der Waals surface area contributed by atoms with E-state index in [4.69, 9.17) is 10.5 Å². The number of alkyl carbamates (subject to hydrolysis) is 1. The highest BCUT2D eigenvalue weighted by Crippen LogP contribution is 2.35. The number of rotatable bonds is 15. The number of nitrogens with zero attached hydrogens (tertiary/aromatic N) is 4. The van der Waals surface area contributed by atoms with Crippen molar-refractivity contribution in [1.29, 1.82) is 0 Å². The fourth-order valence-electron chi connectivity index (χ4n) is 10.3. The van der Waals surface area contributed by atoms with Gasteiger partial charge in [0.2, 0.25) is 41.4 Å². The molecule has 8 amide bonds. The number of aromatic nitrogens is 2. The number of ether oxygens (including phenoxy) is 1. The molecule has 3 aromatic rings. The summed E-state index contributed by atoms with van der Waals surface area (Å²) in [4.78, 5) is 123. The topological polar surface area (TPSA) is 270 Å². The van der Waals surface area contributed by atoms with Crippen LogP contribution in [-0.2, 0) is 74.2 Å². The summed E-state index contributed by atoms with van der Waals surface area (Å²) in [5, 5.41) is 10.6. The third-order valence-corrected chi connectivity index (χ3v) is 14.4. The number of fused-ring (bicyclic) bond motifs is 2. The zero-order valence-electron chi connectivity index (χ0n) is 40.2. The van der Waals surface area contributed by atoms with Crippen molar-refractivity contribution in [2.45, 2.75) is 151 Å². The summed E-state index contributed by atoms with van der Waals surface area (Å²) in [5.41, 5.74) is 7.31. The molecule has 0 spiro atoms. The third-order valence-electron chi connectivity index (χ3n) is 14.0. The lowest BCUT2D eigenvalue weighted by atomic mass is 9.78. The number of carbonyl (C=O) groups is 8. The van der Waals surface area contributed by atoms with Crippen LogP contribution in [-0.4, -0.2) is 109 Å². The smallest absolute Gasteiger partial charge is 0.444 e. The number of imidazole rings is 1. The number of nitrogens with one attached hydrogen (secondary N) is 4. The van der Waals surface area contributed by atoms with Crippen LogP contribution >= 0.6 is 0 Å². The predicted molar refractivity (Wildman–Crippen MR) is 255 cm³/mol. The van der Waals surface area contributed by atoms with Gasteiger partial charge in [0.05, 0.1) is 17.6 Å². The summed E-state index contributed by atoms with van der Waals surface area (Å²) in [6, 6.07) is 7.85. The second kappa shape index (κ2) is 22.1. The zero-order chi connectivity index (χ0) is 50.4. The second-order valence-corrected chi connectivity index (χ2v) is 20.8. The van der Waals surface area contributed by atoms with Crippen LogP contribution in [0, 0.1) is 11.8 Å². The molecule has 3 saturated heterocycles. The molecule has 1 aliphatic carbocycles. The first-order chi connectivity index (χ1) is 33.3. The van der Waals surface area contributed by atoms with Gasteiger partial charge >= 0.3 is 23.4 Å². The van der Waals surface area contributed by atoms with Gasteiger partial charge in [0.1, 0.15) is 29.8 Å². The van der Waals surface area contributed by atoms with Crippen LogP contribution in [0.15, 0.2) is 52.2 Å². The molecule has 20 nitrogen and oxygen atoms in total. The van der Waals surface area contributed by atoms with Crippen LogP contribution in [0.25, 0.3) is 11.0 Å². The van der Waals surface area contributed by atoms with Crippen molar-refractivity contribution < 1.29 is 47.3 Å². The molecule has 0 bridgehead atoms. The summed E-state index contributed by atoms with van der Waals surface area (Å²) in [5.74, 6) is -2.90. The fourth-order valence-corrected chi connectivity index (χ4v) is 10.6. The molecule has 21 heteroatoms. The molecule has 376 valence electrons. The van der Waals surface area contributed by atoms with E-state index in [-0.39, 0.29) is 81.6 Å². The van der Waals surface area contributed by atoms with Gasteiger partial charge in [-0.25, -0.2) is 9.59 Å². The number of imide groups is 1. The molecular weight excluding hydrogens is 923 g/mol. The minimum absolute atomic E-state index is 0.0887. The molecule has 70 heavy (non-hydrogen) atoms. The van der Waals surface area contributed by atoms with Crippen LogP contribution < -0.4 is 32.7 Å². The molecule has 7 rings (SSSR count). The number of amides is 8. The Morgan fingerprint density at radius 2 is 1.59 bits per heavy atom. The lowest BCUT2D eigenvalue weighted by Gasteiger charge is -2.39. The second-order valence-electron chi connectivity index (χ2n) is 20.1. The summed E-state index contributed by atoms with van der Waals surface area (Å²) in [6.07, 6.45) is 4.80. The summed E-state index contributed by atoms with van der Waals surface area (Å²) in [6.45, 7) is 5.29. The van der Waals surface area contributed by atoms with E-state index >= 15 is 0 Å². The molecule has 2 aromatic carbocycles. The minimum Gasteiger partial charge on any atom is -0.444 e. The van der Waals surface area contributed by atoms with Crippen molar-refractivity contribution in [1.82, 2.24) is 40.2 Å². The maximum atomic E-state index is 14.6. The van der Waals surface area contributed by atoms with Gasteiger partial charge in [0.25, 0.3) is 4.90 Å². The van der Waals surface area contributed by atoms with E-state index in [1.165, 1.54) is 14.0 Å². The van der Waals surface area contributed by atoms with Gasteiger partial charge in [-0.05, 0) is 120 Å². The minimum atomic E-state index is -1.25. The number of hydrogen-bond donors (Lipinski definition) is 5. The first-order valence-electron chi connectivity index (χ1n) is 24.2. The Morgan fingerprint density at radius 3 is 2.26 bits per heavy atom. The van der Waals surface area contributed by atoms with E-state index in [1.807, 2.05) is 18.2 Å². The molecule has 4 heterocycles. The first-order valence-corrected chi connectivity index (χ1v) is 24.9. The summed E-state index contributed by atoms with van der Waals surface area (Å²) in [7, 11) is 1.68. The van der Waals surface area contributed by atoms with E-state index in [0.717, 1.165) is 37.7 Å². The highest BCUT2D eigenvalue weighted by molar-refractivity contribution is 7.65. The lowest BCUT2D eigenvalue weighted by Crippen LogP contribution is -2.62. The van der Waals surface area contributed by atoms with Crippen molar-refractivity contribution in [3.05, 3.63) is 64.1 Å². The van der Waals surface area contributed by atoms with E-state index in [2.05, 4.69) is 21.3 Å². The number of nitrogens with two attached hydrogens (primary N) is 1. The van der Waals surface area contributed by atoms with Gasteiger partial charge in [0.15, 0.2) is 0 Å². The summed E-state index contributed by atoms with van der Waals surface area (Å²) < 4.78 is 19.7.